The number of carbonyl (C=O) groups is 2. The summed E-state index contributed by atoms with van der Waals surface area (Å²) in [6.07, 6.45) is 0. The fraction of sp³-hybridized carbons (Fsp3) is 0.529. The van der Waals surface area contributed by atoms with Gasteiger partial charge in [0.05, 0.1) is 23.9 Å². The van der Waals surface area contributed by atoms with Crippen LogP contribution in [0.15, 0.2) is 18.2 Å². The topological polar surface area (TPSA) is 71.1 Å². The van der Waals surface area contributed by atoms with Gasteiger partial charge in [-0.15, -0.1) is 0 Å². The Bertz CT molecular complexity index is 636. The third-order valence-corrected chi connectivity index (χ3v) is 4.50. The molecule has 7 heteroatoms. The van der Waals surface area contributed by atoms with Crippen LogP contribution in [-0.4, -0.2) is 37.4 Å². The van der Waals surface area contributed by atoms with Gasteiger partial charge in [0.2, 0.25) is 0 Å². The van der Waals surface area contributed by atoms with Crippen molar-refractivity contribution in [2.75, 3.05) is 7.11 Å². The van der Waals surface area contributed by atoms with Gasteiger partial charge in [0.25, 0.3) is 0 Å². The number of ether oxygens (including phenoxy) is 2. The molecule has 0 atom stereocenters. The normalized spacial score (nSPS) is 18.3. The number of benzene rings is 1. The van der Waals surface area contributed by atoms with E-state index < -0.39 is 30.3 Å². The molecule has 0 aliphatic carbocycles. The van der Waals surface area contributed by atoms with Gasteiger partial charge in [-0.2, -0.15) is 0 Å². The van der Waals surface area contributed by atoms with Gasteiger partial charge in [-0.3, -0.25) is 4.79 Å². The van der Waals surface area contributed by atoms with Crippen molar-refractivity contribution in [3.63, 3.8) is 0 Å². The first-order valence-corrected chi connectivity index (χ1v) is 7.77. The molecule has 130 valence electrons. The number of hydrogen-bond acceptors (Lipinski definition) is 6. The predicted molar refractivity (Wildman–Crippen MR) is 89.0 cm³/mol. The highest BCUT2D eigenvalue weighted by atomic mass is 16.7. The molecule has 0 bridgehead atoms. The van der Waals surface area contributed by atoms with Crippen LogP contribution in [0.2, 0.25) is 0 Å². The fourth-order valence-electron chi connectivity index (χ4n) is 2.35. The summed E-state index contributed by atoms with van der Waals surface area (Å²) in [5, 5.41) is 0. The lowest BCUT2D eigenvalue weighted by Crippen LogP contribution is -2.41. The van der Waals surface area contributed by atoms with Gasteiger partial charge in [0.1, 0.15) is 6.61 Å². The second kappa shape index (κ2) is 6.57. The Morgan fingerprint density at radius 3 is 2.21 bits per heavy atom. The van der Waals surface area contributed by atoms with E-state index in [1.165, 1.54) is 14.0 Å². The maximum absolute atomic E-state index is 11.8. The summed E-state index contributed by atoms with van der Waals surface area (Å²) < 4.78 is 21.9. The van der Waals surface area contributed by atoms with Crippen LogP contribution in [-0.2, 0) is 30.2 Å². The summed E-state index contributed by atoms with van der Waals surface area (Å²) in [4.78, 5) is 22.9. The number of hydrogen-bond donors (Lipinski definition) is 0. The number of methoxy groups -OCH3 is 1. The highest BCUT2D eigenvalue weighted by molar-refractivity contribution is 6.62. The molecule has 0 unspecified atom stereocenters. The Morgan fingerprint density at radius 1 is 1.12 bits per heavy atom. The van der Waals surface area contributed by atoms with Crippen molar-refractivity contribution in [3.05, 3.63) is 29.3 Å². The van der Waals surface area contributed by atoms with Gasteiger partial charge in [-0.1, -0.05) is 6.07 Å². The zero-order valence-corrected chi connectivity index (χ0v) is 15.0. The Balaban J connectivity index is 2.38. The van der Waals surface area contributed by atoms with Crippen molar-refractivity contribution in [1.82, 2.24) is 0 Å². The molecule has 24 heavy (non-hydrogen) atoms. The Kier molecular flexibility index (Phi) is 5.06. The van der Waals surface area contributed by atoms with E-state index in [1.807, 2.05) is 27.7 Å². The molecule has 0 aromatic heterocycles. The van der Waals surface area contributed by atoms with Crippen LogP contribution in [0.1, 0.15) is 50.5 Å². The highest BCUT2D eigenvalue weighted by Crippen LogP contribution is 2.36. The first-order valence-electron chi connectivity index (χ1n) is 7.77. The average molecular weight is 334 g/mol. The number of carbonyl (C=O) groups excluding carboxylic acids is 2. The average Bonchev–Trinajstić information content (AvgIpc) is 2.72. The van der Waals surface area contributed by atoms with E-state index in [1.54, 1.807) is 18.2 Å². The van der Waals surface area contributed by atoms with Crippen molar-refractivity contribution >= 4 is 24.5 Å². The van der Waals surface area contributed by atoms with Crippen LogP contribution in [0.5, 0.6) is 0 Å². The van der Waals surface area contributed by atoms with Crippen LogP contribution < -0.4 is 5.46 Å². The van der Waals surface area contributed by atoms with Crippen molar-refractivity contribution in [3.8, 4) is 0 Å². The van der Waals surface area contributed by atoms with Crippen LogP contribution in [0.3, 0.4) is 0 Å². The van der Waals surface area contributed by atoms with Gasteiger partial charge in [-0.05, 0) is 50.9 Å². The highest BCUT2D eigenvalue weighted by Gasteiger charge is 2.52. The van der Waals surface area contributed by atoms with Crippen LogP contribution >= 0.6 is 0 Å². The van der Waals surface area contributed by atoms with Crippen LogP contribution in [0, 0.1) is 0 Å². The summed E-state index contributed by atoms with van der Waals surface area (Å²) in [7, 11) is 0.711. The molecule has 1 aromatic carbocycles. The third kappa shape index (κ3) is 3.62. The van der Waals surface area contributed by atoms with E-state index in [-0.39, 0.29) is 6.61 Å². The summed E-state index contributed by atoms with van der Waals surface area (Å²) >= 11 is 0. The zero-order valence-electron chi connectivity index (χ0n) is 15.0. The minimum Gasteiger partial charge on any atom is -0.465 e. The van der Waals surface area contributed by atoms with Gasteiger partial charge >= 0.3 is 19.1 Å². The second-order valence-corrected chi connectivity index (χ2v) is 6.77. The predicted octanol–water partition coefficient (Wildman–Crippen LogP) is 1.84. The van der Waals surface area contributed by atoms with Crippen LogP contribution in [0.4, 0.5) is 0 Å². The Labute approximate surface area is 142 Å². The largest absolute Gasteiger partial charge is 0.495 e. The molecule has 0 spiro atoms. The van der Waals surface area contributed by atoms with Crippen LogP contribution in [0.25, 0.3) is 0 Å². The van der Waals surface area contributed by atoms with Crippen molar-refractivity contribution < 1.29 is 28.4 Å². The fourth-order valence-corrected chi connectivity index (χ4v) is 2.35. The van der Waals surface area contributed by atoms with E-state index in [2.05, 4.69) is 0 Å². The zero-order chi connectivity index (χ0) is 18.1. The minimum absolute atomic E-state index is 0.0274. The molecule has 0 amide bonds. The second-order valence-electron chi connectivity index (χ2n) is 6.77. The van der Waals surface area contributed by atoms with Gasteiger partial charge in [0, 0.05) is 6.92 Å². The first kappa shape index (κ1) is 18.5. The first-order chi connectivity index (χ1) is 11.1. The van der Waals surface area contributed by atoms with Crippen molar-refractivity contribution in [2.45, 2.75) is 52.4 Å². The SMILES string of the molecule is COC(=O)c1ccc(B2OC(C)(C)C(C)(C)O2)c(COC(C)=O)c1. The van der Waals surface area contributed by atoms with E-state index in [0.717, 1.165) is 5.46 Å². The summed E-state index contributed by atoms with van der Waals surface area (Å²) in [5.41, 5.74) is 0.767. The Hall–Kier alpha value is -1.86. The molecule has 1 fully saturated rings. The molecule has 0 saturated carbocycles. The van der Waals surface area contributed by atoms with Gasteiger partial charge < -0.3 is 18.8 Å². The molecule has 2 rings (SSSR count). The van der Waals surface area contributed by atoms with E-state index in [9.17, 15) is 9.59 Å². The molecule has 6 nitrogen and oxygen atoms in total. The van der Waals surface area contributed by atoms with E-state index in [4.69, 9.17) is 18.8 Å². The van der Waals surface area contributed by atoms with Gasteiger partial charge in [-0.25, -0.2) is 4.79 Å². The smallest absolute Gasteiger partial charge is 0.465 e. The van der Waals surface area contributed by atoms with E-state index in [0.29, 0.717) is 11.1 Å². The standard InChI is InChI=1S/C17H23BO6/c1-11(19)22-10-13-9-12(15(20)21-6)7-8-14(13)18-23-16(2,3)17(4,5)24-18/h7-9H,10H2,1-6H3. The molecule has 1 saturated heterocycles. The lowest BCUT2D eigenvalue weighted by atomic mass is 9.75. The van der Waals surface area contributed by atoms with Crippen molar-refractivity contribution in [1.29, 1.82) is 0 Å². The molecular formula is C17H23BO6. The molecule has 1 aliphatic rings. The maximum atomic E-state index is 11.8. The monoisotopic (exact) mass is 334 g/mol. The summed E-state index contributed by atoms with van der Waals surface area (Å²) in [6.45, 7) is 9.20. The molecule has 1 aliphatic heterocycles. The third-order valence-electron chi connectivity index (χ3n) is 4.50. The summed E-state index contributed by atoms with van der Waals surface area (Å²) in [5.74, 6) is -0.863. The molecule has 0 N–H and O–H groups in total. The van der Waals surface area contributed by atoms with E-state index >= 15 is 0 Å². The van der Waals surface area contributed by atoms with Gasteiger partial charge in [0.15, 0.2) is 0 Å². The molecule has 1 aromatic rings. The minimum atomic E-state index is -0.604. The van der Waals surface area contributed by atoms with Crippen molar-refractivity contribution in [2.24, 2.45) is 0 Å². The molecule has 1 heterocycles. The summed E-state index contributed by atoms with van der Waals surface area (Å²) in [6, 6.07) is 5.02. The number of rotatable bonds is 4. The Morgan fingerprint density at radius 2 is 1.71 bits per heavy atom. The molecular weight excluding hydrogens is 311 g/mol. The maximum Gasteiger partial charge on any atom is 0.495 e. The number of esters is 2. The lowest BCUT2D eigenvalue weighted by Gasteiger charge is -2.32. The quantitative estimate of drug-likeness (QED) is 0.618. The molecule has 0 radical (unpaired) electrons. The lowest BCUT2D eigenvalue weighted by molar-refractivity contribution is -0.142.